The van der Waals surface area contributed by atoms with Gasteiger partial charge in [0.1, 0.15) is 0 Å². The lowest BCUT2D eigenvalue weighted by molar-refractivity contribution is 0.183. The van der Waals surface area contributed by atoms with E-state index in [1.807, 2.05) is 25.1 Å². The zero-order chi connectivity index (χ0) is 10.7. The number of anilines is 1. The van der Waals surface area contributed by atoms with Crippen LogP contribution in [-0.4, -0.2) is 22.7 Å². The molecule has 4 heteroatoms. The molecule has 1 aromatic heterocycles. The first kappa shape index (κ1) is 10.4. The summed E-state index contributed by atoms with van der Waals surface area (Å²) in [6.07, 6.45) is 0.467. The van der Waals surface area contributed by atoms with Gasteiger partial charge in [-0.2, -0.15) is 0 Å². The molecule has 0 saturated carbocycles. The minimum absolute atomic E-state index is 0.294. The number of benzene rings is 1. The number of aromatic nitrogens is 1. The van der Waals surface area contributed by atoms with Crippen molar-refractivity contribution in [1.29, 1.82) is 0 Å². The molecule has 1 aromatic carbocycles. The lowest BCUT2D eigenvalue weighted by atomic mass is 10.3. The molecule has 15 heavy (non-hydrogen) atoms. The Morgan fingerprint density at radius 1 is 1.47 bits per heavy atom. The summed E-state index contributed by atoms with van der Waals surface area (Å²) in [5, 5.41) is 13.4. The molecule has 0 amide bonds. The van der Waals surface area contributed by atoms with Crippen LogP contribution in [-0.2, 0) is 0 Å². The third-order valence-electron chi connectivity index (χ3n) is 2.25. The van der Waals surface area contributed by atoms with Crippen LogP contribution in [0.2, 0.25) is 0 Å². The molecule has 0 aliphatic rings. The van der Waals surface area contributed by atoms with Gasteiger partial charge in [0.15, 0.2) is 5.13 Å². The predicted octanol–water partition coefficient (Wildman–Crippen LogP) is 2.48. The van der Waals surface area contributed by atoms with Crippen molar-refractivity contribution in [2.45, 2.75) is 19.4 Å². The van der Waals surface area contributed by atoms with Crippen LogP contribution in [0.4, 0.5) is 5.13 Å². The van der Waals surface area contributed by atoms with Crippen molar-refractivity contribution in [3.8, 4) is 0 Å². The molecular formula is C11H14N2OS. The van der Waals surface area contributed by atoms with Gasteiger partial charge in [-0.05, 0) is 18.6 Å². The molecule has 0 fully saturated rings. The van der Waals surface area contributed by atoms with E-state index >= 15 is 0 Å². The molecule has 2 rings (SSSR count). The summed E-state index contributed by atoms with van der Waals surface area (Å²) < 4.78 is 1.17. The van der Waals surface area contributed by atoms with Gasteiger partial charge in [0.05, 0.1) is 16.3 Å². The summed E-state index contributed by atoms with van der Waals surface area (Å²) in [6, 6.07) is 8.03. The van der Waals surface area contributed by atoms with Crippen molar-refractivity contribution in [3.63, 3.8) is 0 Å². The van der Waals surface area contributed by atoms with E-state index in [-0.39, 0.29) is 6.10 Å². The van der Waals surface area contributed by atoms with Gasteiger partial charge in [0, 0.05) is 6.54 Å². The largest absolute Gasteiger partial charge is 0.391 e. The Kier molecular flexibility index (Phi) is 3.18. The Morgan fingerprint density at radius 2 is 2.27 bits per heavy atom. The summed E-state index contributed by atoms with van der Waals surface area (Å²) in [5.41, 5.74) is 1.01. The van der Waals surface area contributed by atoms with Gasteiger partial charge in [-0.1, -0.05) is 30.4 Å². The number of para-hydroxylation sites is 1. The number of nitrogens with one attached hydrogen (secondary N) is 1. The lowest BCUT2D eigenvalue weighted by Crippen LogP contribution is -2.17. The van der Waals surface area contributed by atoms with Crippen LogP contribution in [0, 0.1) is 0 Å². The number of fused-ring (bicyclic) bond motifs is 1. The fourth-order valence-corrected chi connectivity index (χ4v) is 2.17. The molecule has 2 aromatic rings. The number of hydrogen-bond donors (Lipinski definition) is 2. The second kappa shape index (κ2) is 4.59. The number of thiazole rings is 1. The average molecular weight is 222 g/mol. The van der Waals surface area contributed by atoms with Crippen molar-refractivity contribution in [3.05, 3.63) is 24.3 Å². The van der Waals surface area contributed by atoms with E-state index in [1.165, 1.54) is 4.70 Å². The number of rotatable bonds is 4. The van der Waals surface area contributed by atoms with Crippen LogP contribution in [0.25, 0.3) is 10.2 Å². The van der Waals surface area contributed by atoms with Crippen molar-refractivity contribution >= 4 is 26.7 Å². The van der Waals surface area contributed by atoms with Crippen LogP contribution in [0.1, 0.15) is 13.3 Å². The molecule has 0 saturated heterocycles. The number of aliphatic hydroxyl groups is 1. The zero-order valence-corrected chi connectivity index (χ0v) is 9.42. The molecule has 1 atom stereocenters. The fourth-order valence-electron chi connectivity index (χ4n) is 1.30. The predicted molar refractivity (Wildman–Crippen MR) is 64.4 cm³/mol. The highest BCUT2D eigenvalue weighted by Crippen LogP contribution is 2.25. The molecule has 0 spiro atoms. The first-order valence-corrected chi connectivity index (χ1v) is 5.88. The molecule has 1 unspecified atom stereocenters. The minimum atomic E-state index is -0.294. The SMILES string of the molecule is CCC(O)CNc1nc2ccccc2s1. The summed E-state index contributed by atoms with van der Waals surface area (Å²) in [6.45, 7) is 2.53. The Balaban J connectivity index is 2.09. The van der Waals surface area contributed by atoms with Gasteiger partial charge in [0.25, 0.3) is 0 Å². The van der Waals surface area contributed by atoms with Gasteiger partial charge in [-0.15, -0.1) is 0 Å². The minimum Gasteiger partial charge on any atom is -0.391 e. The first-order chi connectivity index (χ1) is 7.29. The quantitative estimate of drug-likeness (QED) is 0.835. The van der Waals surface area contributed by atoms with Crippen LogP contribution in [0.5, 0.6) is 0 Å². The van der Waals surface area contributed by atoms with Gasteiger partial charge in [-0.3, -0.25) is 0 Å². The molecular weight excluding hydrogens is 208 g/mol. The Morgan fingerprint density at radius 3 is 3.00 bits per heavy atom. The van der Waals surface area contributed by atoms with E-state index in [0.717, 1.165) is 17.1 Å². The highest BCUT2D eigenvalue weighted by molar-refractivity contribution is 7.22. The standard InChI is InChI=1S/C11H14N2OS/c1-2-8(14)7-12-11-13-9-5-3-4-6-10(9)15-11/h3-6,8,14H,2,7H2,1H3,(H,12,13). The van der Waals surface area contributed by atoms with E-state index in [9.17, 15) is 5.11 Å². The van der Waals surface area contributed by atoms with Crippen molar-refractivity contribution < 1.29 is 5.11 Å². The molecule has 3 nitrogen and oxygen atoms in total. The maximum Gasteiger partial charge on any atom is 0.183 e. The summed E-state index contributed by atoms with van der Waals surface area (Å²) in [7, 11) is 0. The maximum absolute atomic E-state index is 9.41. The Bertz CT molecular complexity index is 408. The van der Waals surface area contributed by atoms with Gasteiger partial charge < -0.3 is 10.4 Å². The molecule has 1 heterocycles. The normalized spacial score (nSPS) is 12.9. The van der Waals surface area contributed by atoms with Crippen molar-refractivity contribution in [2.24, 2.45) is 0 Å². The average Bonchev–Trinajstić information content (AvgIpc) is 2.68. The third kappa shape index (κ3) is 2.46. The van der Waals surface area contributed by atoms with Crippen LogP contribution in [0.15, 0.2) is 24.3 Å². The van der Waals surface area contributed by atoms with Crippen molar-refractivity contribution in [1.82, 2.24) is 4.98 Å². The first-order valence-electron chi connectivity index (χ1n) is 5.07. The number of nitrogens with zero attached hydrogens (tertiary/aromatic N) is 1. The van der Waals surface area contributed by atoms with Crippen LogP contribution >= 0.6 is 11.3 Å². The van der Waals surface area contributed by atoms with E-state index in [1.54, 1.807) is 11.3 Å². The Hall–Kier alpha value is -1.13. The zero-order valence-electron chi connectivity index (χ0n) is 8.60. The van der Waals surface area contributed by atoms with E-state index in [4.69, 9.17) is 0 Å². The van der Waals surface area contributed by atoms with E-state index < -0.39 is 0 Å². The number of aliphatic hydroxyl groups excluding tert-OH is 1. The maximum atomic E-state index is 9.41. The summed E-state index contributed by atoms with van der Waals surface area (Å²) >= 11 is 1.62. The highest BCUT2D eigenvalue weighted by Gasteiger charge is 2.04. The van der Waals surface area contributed by atoms with Gasteiger partial charge in [0.2, 0.25) is 0 Å². The second-order valence-electron chi connectivity index (χ2n) is 3.43. The molecule has 2 N–H and O–H groups in total. The topological polar surface area (TPSA) is 45.1 Å². The van der Waals surface area contributed by atoms with Crippen molar-refractivity contribution in [2.75, 3.05) is 11.9 Å². The third-order valence-corrected chi connectivity index (χ3v) is 3.25. The summed E-state index contributed by atoms with van der Waals surface area (Å²) in [5.74, 6) is 0. The fraction of sp³-hybridized carbons (Fsp3) is 0.364. The number of hydrogen-bond acceptors (Lipinski definition) is 4. The van der Waals surface area contributed by atoms with E-state index in [0.29, 0.717) is 6.54 Å². The second-order valence-corrected chi connectivity index (χ2v) is 4.46. The molecule has 0 bridgehead atoms. The Labute approximate surface area is 92.8 Å². The van der Waals surface area contributed by atoms with Crippen LogP contribution < -0.4 is 5.32 Å². The molecule has 80 valence electrons. The smallest absolute Gasteiger partial charge is 0.183 e. The summed E-state index contributed by atoms with van der Waals surface area (Å²) in [4.78, 5) is 4.42. The lowest BCUT2D eigenvalue weighted by Gasteiger charge is -2.07. The van der Waals surface area contributed by atoms with Crippen LogP contribution in [0.3, 0.4) is 0 Å². The van der Waals surface area contributed by atoms with Gasteiger partial charge >= 0.3 is 0 Å². The molecule has 0 aliphatic carbocycles. The highest BCUT2D eigenvalue weighted by atomic mass is 32.1. The molecule has 0 radical (unpaired) electrons. The molecule has 0 aliphatic heterocycles. The monoisotopic (exact) mass is 222 g/mol. The van der Waals surface area contributed by atoms with E-state index in [2.05, 4.69) is 16.4 Å². The van der Waals surface area contributed by atoms with Gasteiger partial charge in [-0.25, -0.2) is 4.98 Å².